The van der Waals surface area contributed by atoms with Crippen molar-refractivity contribution >= 4 is 35.0 Å². The molecule has 1 aromatic rings. The molecule has 2 heterocycles. The van der Waals surface area contributed by atoms with E-state index in [2.05, 4.69) is 17.2 Å². The van der Waals surface area contributed by atoms with Crippen LogP contribution in [0.15, 0.2) is 12.3 Å². The molecular formula is C12H14ClN3O3S. The summed E-state index contributed by atoms with van der Waals surface area (Å²) in [5, 5.41) is 13.4. The summed E-state index contributed by atoms with van der Waals surface area (Å²) in [6, 6.07) is 1.31. The van der Waals surface area contributed by atoms with Gasteiger partial charge in [0.2, 0.25) is 5.15 Å². The van der Waals surface area contributed by atoms with Gasteiger partial charge in [-0.3, -0.25) is 14.9 Å². The number of nitro groups is 1. The van der Waals surface area contributed by atoms with Gasteiger partial charge in [-0.25, -0.2) is 4.98 Å². The molecule has 0 spiro atoms. The number of carbonyl (C=O) groups excluding carboxylic acids is 1. The lowest BCUT2D eigenvalue weighted by Gasteiger charge is -2.22. The molecule has 6 nitrogen and oxygen atoms in total. The third kappa shape index (κ3) is 3.21. The first-order chi connectivity index (χ1) is 9.43. The van der Waals surface area contributed by atoms with Crippen molar-refractivity contribution in [1.29, 1.82) is 0 Å². The minimum absolute atomic E-state index is 0.00125. The van der Waals surface area contributed by atoms with E-state index in [0.717, 1.165) is 18.6 Å². The van der Waals surface area contributed by atoms with Gasteiger partial charge in [-0.2, -0.15) is 11.8 Å². The van der Waals surface area contributed by atoms with Crippen molar-refractivity contribution in [3.8, 4) is 0 Å². The number of nitrogens with zero attached hydrogens (tertiary/aromatic N) is 2. The number of hydrogen-bond acceptors (Lipinski definition) is 5. The molecule has 8 heteroatoms. The van der Waals surface area contributed by atoms with Gasteiger partial charge in [0.1, 0.15) is 5.56 Å². The average molecular weight is 316 g/mol. The Morgan fingerprint density at radius 2 is 2.45 bits per heavy atom. The van der Waals surface area contributed by atoms with Crippen LogP contribution in [0.1, 0.15) is 30.1 Å². The second kappa shape index (κ2) is 5.97. The topological polar surface area (TPSA) is 85.1 Å². The number of pyridine rings is 1. The van der Waals surface area contributed by atoms with Gasteiger partial charge < -0.3 is 5.32 Å². The molecule has 1 atom stereocenters. The number of carbonyl (C=O) groups is 1. The summed E-state index contributed by atoms with van der Waals surface area (Å²) < 4.78 is 0.00125. The number of aromatic nitrogens is 1. The molecule has 0 aromatic carbocycles. The molecule has 1 saturated heterocycles. The van der Waals surface area contributed by atoms with Crippen molar-refractivity contribution in [2.24, 2.45) is 0 Å². The third-order valence-corrected chi connectivity index (χ3v) is 5.04. The fraction of sp³-hybridized carbons (Fsp3) is 0.500. The summed E-state index contributed by atoms with van der Waals surface area (Å²) in [7, 11) is 0. The fourth-order valence-electron chi connectivity index (χ4n) is 2.12. The highest BCUT2D eigenvalue weighted by molar-refractivity contribution is 8.00. The predicted octanol–water partition coefficient (Wildman–Crippen LogP) is 2.66. The van der Waals surface area contributed by atoms with Crippen LogP contribution < -0.4 is 5.32 Å². The lowest BCUT2D eigenvalue weighted by atomic mass is 10.1. The van der Waals surface area contributed by atoms with E-state index in [0.29, 0.717) is 6.54 Å². The normalized spacial score (nSPS) is 21.7. The molecule has 1 aromatic heterocycles. The second-order valence-corrected chi connectivity index (χ2v) is 6.88. The van der Waals surface area contributed by atoms with Gasteiger partial charge in [-0.15, -0.1) is 0 Å². The fourth-order valence-corrected chi connectivity index (χ4v) is 3.60. The minimum atomic E-state index is -0.684. The molecule has 2 rings (SSSR count). The van der Waals surface area contributed by atoms with Crippen LogP contribution in [0.4, 0.5) is 5.69 Å². The lowest BCUT2D eigenvalue weighted by Crippen LogP contribution is -2.37. The van der Waals surface area contributed by atoms with E-state index in [-0.39, 0.29) is 15.5 Å². The Labute approximate surface area is 125 Å². The third-order valence-electron chi connectivity index (χ3n) is 3.23. The van der Waals surface area contributed by atoms with Gasteiger partial charge in [0, 0.05) is 17.5 Å². The largest absolute Gasteiger partial charge is 0.350 e. The molecule has 1 unspecified atom stereocenters. The zero-order chi connectivity index (χ0) is 14.8. The van der Waals surface area contributed by atoms with Gasteiger partial charge in [0.25, 0.3) is 5.91 Å². The van der Waals surface area contributed by atoms with Crippen LogP contribution in [0.2, 0.25) is 5.15 Å². The van der Waals surface area contributed by atoms with Gasteiger partial charge >= 0.3 is 5.69 Å². The van der Waals surface area contributed by atoms with Crippen molar-refractivity contribution in [2.45, 2.75) is 24.5 Å². The summed E-state index contributed by atoms with van der Waals surface area (Å²) in [5.41, 5.74) is -0.502. The second-order valence-electron chi connectivity index (χ2n) is 4.84. The van der Waals surface area contributed by atoms with Crippen molar-refractivity contribution in [1.82, 2.24) is 10.3 Å². The molecule has 1 amide bonds. The van der Waals surface area contributed by atoms with E-state index < -0.39 is 16.5 Å². The van der Waals surface area contributed by atoms with E-state index in [9.17, 15) is 14.9 Å². The lowest BCUT2D eigenvalue weighted by molar-refractivity contribution is -0.385. The molecule has 1 aliphatic heterocycles. The molecule has 20 heavy (non-hydrogen) atoms. The van der Waals surface area contributed by atoms with Crippen LogP contribution in [0.5, 0.6) is 0 Å². The van der Waals surface area contributed by atoms with Crippen LogP contribution >= 0.6 is 23.4 Å². The van der Waals surface area contributed by atoms with E-state index in [1.807, 2.05) is 11.8 Å². The first-order valence-corrected chi connectivity index (χ1v) is 7.50. The Hall–Kier alpha value is -1.34. The molecule has 1 N–H and O–H groups in total. The maximum absolute atomic E-state index is 12.1. The zero-order valence-corrected chi connectivity index (χ0v) is 12.5. The highest BCUT2D eigenvalue weighted by atomic mass is 35.5. The van der Waals surface area contributed by atoms with Gasteiger partial charge in [0.15, 0.2) is 0 Å². The quantitative estimate of drug-likeness (QED) is 0.524. The monoisotopic (exact) mass is 315 g/mol. The summed E-state index contributed by atoms with van der Waals surface area (Å²) in [4.78, 5) is 26.0. The predicted molar refractivity (Wildman–Crippen MR) is 78.3 cm³/mol. The van der Waals surface area contributed by atoms with Crippen LogP contribution in [0.3, 0.4) is 0 Å². The van der Waals surface area contributed by atoms with Crippen molar-refractivity contribution < 1.29 is 9.72 Å². The Bertz CT molecular complexity index is 547. The smallest absolute Gasteiger partial charge is 0.319 e. The van der Waals surface area contributed by atoms with Crippen molar-refractivity contribution in [3.05, 3.63) is 33.1 Å². The summed E-state index contributed by atoms with van der Waals surface area (Å²) in [6.45, 7) is 2.56. The highest BCUT2D eigenvalue weighted by Gasteiger charge is 2.31. The first kappa shape index (κ1) is 15.1. The molecule has 108 valence electrons. The Morgan fingerprint density at radius 3 is 3.05 bits per heavy atom. The standard InChI is InChI=1S/C12H14ClN3O3S/c1-12(4-2-6-20-12)7-15-11(17)8-3-5-14-10(13)9(8)16(18)19/h3,5H,2,4,6-7H2,1H3,(H,15,17). The Morgan fingerprint density at radius 1 is 1.70 bits per heavy atom. The molecule has 0 aliphatic carbocycles. The first-order valence-electron chi connectivity index (χ1n) is 6.14. The molecule has 0 bridgehead atoms. The van der Waals surface area contributed by atoms with Gasteiger partial charge in [0.05, 0.1) is 4.92 Å². The summed E-state index contributed by atoms with van der Waals surface area (Å²) in [5.74, 6) is 0.586. The number of nitrogens with one attached hydrogen (secondary N) is 1. The molecular weight excluding hydrogens is 302 g/mol. The zero-order valence-electron chi connectivity index (χ0n) is 10.9. The number of hydrogen-bond donors (Lipinski definition) is 1. The van der Waals surface area contributed by atoms with E-state index >= 15 is 0 Å². The van der Waals surface area contributed by atoms with Crippen LogP contribution in [0, 0.1) is 10.1 Å². The summed E-state index contributed by atoms with van der Waals surface area (Å²) >= 11 is 7.49. The number of thioether (sulfide) groups is 1. The summed E-state index contributed by atoms with van der Waals surface area (Å²) in [6.07, 6.45) is 3.44. The van der Waals surface area contributed by atoms with E-state index in [1.165, 1.54) is 12.3 Å². The van der Waals surface area contributed by atoms with Crippen LogP contribution in [-0.4, -0.2) is 32.9 Å². The van der Waals surface area contributed by atoms with Crippen LogP contribution in [0.25, 0.3) is 0 Å². The Balaban J connectivity index is 2.13. The van der Waals surface area contributed by atoms with Crippen LogP contribution in [-0.2, 0) is 0 Å². The number of amides is 1. The molecule has 0 saturated carbocycles. The van der Waals surface area contributed by atoms with E-state index in [1.54, 1.807) is 0 Å². The minimum Gasteiger partial charge on any atom is -0.350 e. The average Bonchev–Trinajstić information content (AvgIpc) is 2.82. The maximum Gasteiger partial charge on any atom is 0.319 e. The van der Waals surface area contributed by atoms with Crippen molar-refractivity contribution in [2.75, 3.05) is 12.3 Å². The number of rotatable bonds is 4. The molecule has 1 fully saturated rings. The Kier molecular flexibility index (Phi) is 4.49. The van der Waals surface area contributed by atoms with Gasteiger partial charge in [-0.05, 0) is 31.6 Å². The highest BCUT2D eigenvalue weighted by Crippen LogP contribution is 2.37. The molecule has 1 aliphatic rings. The SMILES string of the molecule is CC1(CNC(=O)c2ccnc(Cl)c2[N+](=O)[O-])CCCS1. The maximum atomic E-state index is 12.1. The van der Waals surface area contributed by atoms with Gasteiger partial charge in [-0.1, -0.05) is 11.6 Å². The molecule has 0 radical (unpaired) electrons. The van der Waals surface area contributed by atoms with E-state index in [4.69, 9.17) is 11.6 Å². The van der Waals surface area contributed by atoms with Crippen molar-refractivity contribution in [3.63, 3.8) is 0 Å². The number of halogens is 1.